The molecule has 0 aliphatic rings. The molecule has 0 aromatic rings. The Morgan fingerprint density at radius 3 is 2.00 bits per heavy atom. The molecule has 0 spiro atoms. The summed E-state index contributed by atoms with van der Waals surface area (Å²) < 4.78 is 5.02. The van der Waals surface area contributed by atoms with Crippen molar-refractivity contribution >= 4 is 20.7 Å². The first-order chi connectivity index (χ1) is 6.17. The van der Waals surface area contributed by atoms with Crippen molar-refractivity contribution in [3.63, 3.8) is 0 Å². The van der Waals surface area contributed by atoms with E-state index in [1.54, 1.807) is 0 Å². The van der Waals surface area contributed by atoms with Crippen LogP contribution in [-0.4, -0.2) is 51.3 Å². The fourth-order valence-electron chi connectivity index (χ4n) is 1.67. The summed E-state index contributed by atoms with van der Waals surface area (Å²) in [5.41, 5.74) is 0. The van der Waals surface area contributed by atoms with E-state index in [-0.39, 0.29) is 0 Å². The molecule has 0 heterocycles. The van der Waals surface area contributed by atoms with Crippen LogP contribution in [0.1, 0.15) is 20.3 Å². The molecule has 13 heavy (non-hydrogen) atoms. The Kier molecular flexibility index (Phi) is 8.05. The summed E-state index contributed by atoms with van der Waals surface area (Å²) in [7, 11) is 3.54. The van der Waals surface area contributed by atoms with Gasteiger partial charge in [-0.2, -0.15) is 0 Å². The van der Waals surface area contributed by atoms with Crippen molar-refractivity contribution in [1.82, 2.24) is 9.13 Å². The summed E-state index contributed by atoms with van der Waals surface area (Å²) in [5.74, 6) is 0.804. The molecule has 1 unspecified atom stereocenters. The zero-order chi connectivity index (χ0) is 10.3. The molecule has 2 nitrogen and oxygen atoms in total. The van der Waals surface area contributed by atoms with Gasteiger partial charge in [0.2, 0.25) is 0 Å². The average molecular weight is 223 g/mol. The molecule has 0 radical (unpaired) electrons. The topological polar surface area (TPSA) is 6.48 Å². The molecule has 0 aromatic heterocycles. The Morgan fingerprint density at radius 1 is 1.15 bits per heavy atom. The highest BCUT2D eigenvalue weighted by molar-refractivity contribution is 6.52. The highest BCUT2D eigenvalue weighted by Crippen LogP contribution is 2.07. The van der Waals surface area contributed by atoms with Crippen LogP contribution in [0.3, 0.4) is 0 Å². The van der Waals surface area contributed by atoms with Crippen LogP contribution in [0.15, 0.2) is 0 Å². The van der Waals surface area contributed by atoms with Crippen molar-refractivity contribution in [3.8, 4) is 0 Å². The molecule has 0 amide bonds. The van der Waals surface area contributed by atoms with E-state index in [1.165, 1.54) is 19.1 Å². The minimum atomic E-state index is -0.857. The third-order valence-electron chi connectivity index (χ3n) is 2.43. The number of alkyl halides is 1. The van der Waals surface area contributed by atoms with Gasteiger partial charge in [-0.3, -0.25) is 0 Å². The first-order valence-corrected chi connectivity index (χ1v) is 7.52. The molecule has 0 saturated heterocycles. The fourth-order valence-corrected chi connectivity index (χ4v) is 5.03. The fraction of sp³-hybridized carbons (Fsp3) is 1.00. The number of hydrogen-bond donors (Lipinski definition) is 0. The second-order valence-corrected chi connectivity index (χ2v) is 7.18. The minimum Gasteiger partial charge on any atom is -0.320 e. The molecule has 0 saturated carbocycles. The van der Waals surface area contributed by atoms with E-state index in [1.807, 2.05) is 0 Å². The number of nitrogens with zero attached hydrogens (tertiary/aromatic N) is 2. The zero-order valence-electron chi connectivity index (χ0n) is 9.39. The smallest absolute Gasteiger partial charge is 0.189 e. The van der Waals surface area contributed by atoms with Gasteiger partial charge in [0, 0.05) is 5.88 Å². The largest absolute Gasteiger partial charge is 0.320 e. The van der Waals surface area contributed by atoms with Gasteiger partial charge in [0.1, 0.15) is 0 Å². The average Bonchev–Trinajstić information content (AvgIpc) is 2.11. The number of halogens is 1. The van der Waals surface area contributed by atoms with Crippen molar-refractivity contribution < 1.29 is 0 Å². The van der Waals surface area contributed by atoms with E-state index in [0.717, 1.165) is 12.3 Å². The van der Waals surface area contributed by atoms with Crippen LogP contribution in [0.4, 0.5) is 0 Å². The second kappa shape index (κ2) is 7.80. The summed E-state index contributed by atoms with van der Waals surface area (Å²) in [5, 5.41) is 0. The van der Waals surface area contributed by atoms with Crippen LogP contribution in [0, 0.1) is 0 Å². The molecule has 0 aromatic carbocycles. The van der Waals surface area contributed by atoms with Crippen LogP contribution < -0.4 is 0 Å². The number of hydrogen-bond acceptors (Lipinski definition) is 2. The van der Waals surface area contributed by atoms with E-state index < -0.39 is 9.12 Å². The van der Waals surface area contributed by atoms with Crippen LogP contribution in [0.5, 0.6) is 0 Å². The Labute approximate surface area is 89.6 Å². The maximum absolute atomic E-state index is 5.73. The van der Waals surface area contributed by atoms with E-state index in [2.05, 4.69) is 37.1 Å². The van der Waals surface area contributed by atoms with Gasteiger partial charge in [-0.15, -0.1) is 11.6 Å². The molecule has 0 bridgehead atoms. The van der Waals surface area contributed by atoms with Gasteiger partial charge in [0.15, 0.2) is 9.12 Å². The van der Waals surface area contributed by atoms with Crippen molar-refractivity contribution in [2.45, 2.75) is 26.3 Å². The molecule has 0 aliphatic heterocycles. The molecule has 4 heteroatoms. The Morgan fingerprint density at radius 2 is 1.69 bits per heavy atom. The second-order valence-electron chi connectivity index (χ2n) is 3.50. The molecule has 1 atom stereocenters. The lowest BCUT2D eigenvalue weighted by Gasteiger charge is -2.32. The van der Waals surface area contributed by atoms with Gasteiger partial charge in [0.25, 0.3) is 0 Å². The predicted octanol–water partition coefficient (Wildman–Crippen LogP) is 1.74. The number of rotatable bonds is 7. The molecular formula is C9H23ClN2Si. The lowest BCUT2D eigenvalue weighted by atomic mass is 10.6. The minimum absolute atomic E-state index is 0.804. The lowest BCUT2D eigenvalue weighted by Crippen LogP contribution is -2.49. The molecule has 80 valence electrons. The summed E-state index contributed by atoms with van der Waals surface area (Å²) in [6.07, 6.45) is 1.16. The van der Waals surface area contributed by atoms with Gasteiger partial charge < -0.3 is 9.13 Å². The van der Waals surface area contributed by atoms with Gasteiger partial charge >= 0.3 is 0 Å². The monoisotopic (exact) mass is 222 g/mol. The van der Waals surface area contributed by atoms with Crippen LogP contribution >= 0.6 is 11.6 Å². The molecular weight excluding hydrogens is 200 g/mol. The van der Waals surface area contributed by atoms with Gasteiger partial charge in [-0.05, 0) is 39.6 Å². The normalized spacial score (nSPS) is 14.1. The van der Waals surface area contributed by atoms with E-state index in [4.69, 9.17) is 11.6 Å². The van der Waals surface area contributed by atoms with Crippen LogP contribution in [-0.2, 0) is 0 Å². The van der Waals surface area contributed by atoms with E-state index in [9.17, 15) is 0 Å². The summed E-state index contributed by atoms with van der Waals surface area (Å²) >= 11 is 5.73. The third kappa shape index (κ3) is 5.01. The molecule has 0 N–H and O–H groups in total. The molecule has 0 rings (SSSR count). The summed E-state index contributed by atoms with van der Waals surface area (Å²) in [6.45, 7) is 6.84. The molecule has 0 aliphatic carbocycles. The highest BCUT2D eigenvalue weighted by Gasteiger charge is 2.19. The van der Waals surface area contributed by atoms with Crippen molar-refractivity contribution in [3.05, 3.63) is 0 Å². The van der Waals surface area contributed by atoms with Gasteiger partial charge in [-0.1, -0.05) is 13.8 Å². The predicted molar refractivity (Wildman–Crippen MR) is 63.9 cm³/mol. The Hall–Kier alpha value is 0.427. The zero-order valence-corrected chi connectivity index (χ0v) is 11.3. The summed E-state index contributed by atoms with van der Waals surface area (Å²) in [4.78, 5) is 0. The van der Waals surface area contributed by atoms with E-state index >= 15 is 0 Å². The highest BCUT2D eigenvalue weighted by atomic mass is 35.5. The standard InChI is InChI=1S/C9H23ClN2Si/c1-5-12(6-2)13(11(3)4)9-7-8-10/h13H,5-9H2,1-4H3. The maximum Gasteiger partial charge on any atom is 0.189 e. The van der Waals surface area contributed by atoms with E-state index in [0.29, 0.717) is 0 Å². The Balaban J connectivity index is 4.04. The van der Waals surface area contributed by atoms with Crippen LogP contribution in [0.2, 0.25) is 6.04 Å². The van der Waals surface area contributed by atoms with Crippen LogP contribution in [0.25, 0.3) is 0 Å². The lowest BCUT2D eigenvalue weighted by molar-refractivity contribution is 0.421. The van der Waals surface area contributed by atoms with Gasteiger partial charge in [0.05, 0.1) is 0 Å². The SMILES string of the molecule is CCN(CC)[SiH](CCCCl)N(C)C. The van der Waals surface area contributed by atoms with Crippen molar-refractivity contribution in [2.75, 3.05) is 33.1 Å². The quantitative estimate of drug-likeness (QED) is 0.479. The van der Waals surface area contributed by atoms with Crippen molar-refractivity contribution in [2.24, 2.45) is 0 Å². The first kappa shape index (κ1) is 13.4. The summed E-state index contributed by atoms with van der Waals surface area (Å²) in [6, 6.07) is 1.30. The Bertz CT molecular complexity index is 118. The maximum atomic E-state index is 5.73. The molecule has 0 fully saturated rings. The third-order valence-corrected chi connectivity index (χ3v) is 6.38. The first-order valence-electron chi connectivity index (χ1n) is 5.13. The van der Waals surface area contributed by atoms with Gasteiger partial charge in [-0.25, -0.2) is 0 Å². The van der Waals surface area contributed by atoms with Crippen molar-refractivity contribution in [1.29, 1.82) is 0 Å².